The minimum absolute atomic E-state index is 0.197. The molecule has 0 saturated heterocycles. The van der Waals surface area contributed by atoms with Gasteiger partial charge in [-0.05, 0) is 36.4 Å². The van der Waals surface area contributed by atoms with Crippen LogP contribution in [0.15, 0.2) is 40.8 Å². The lowest BCUT2D eigenvalue weighted by atomic mass is 10.1. The second-order valence-electron chi connectivity index (χ2n) is 4.50. The molecule has 1 aromatic heterocycles. The van der Waals surface area contributed by atoms with Gasteiger partial charge in [-0.15, -0.1) is 0 Å². The van der Waals surface area contributed by atoms with E-state index in [1.165, 1.54) is 6.92 Å². The lowest BCUT2D eigenvalue weighted by Crippen LogP contribution is -2.06. The second-order valence-corrected chi connectivity index (χ2v) is 5.38. The smallest absolute Gasteiger partial charge is 0.229 e. The van der Waals surface area contributed by atoms with Crippen LogP contribution in [0.2, 0.25) is 10.0 Å². The van der Waals surface area contributed by atoms with E-state index in [2.05, 4.69) is 10.3 Å². The minimum Gasteiger partial charge on any atom is -0.436 e. The zero-order valence-electron chi connectivity index (χ0n) is 11.0. The van der Waals surface area contributed by atoms with Crippen molar-refractivity contribution < 1.29 is 9.21 Å². The first-order valence-corrected chi connectivity index (χ1v) is 6.92. The van der Waals surface area contributed by atoms with E-state index in [0.717, 1.165) is 0 Å². The average Bonchev–Trinajstić information content (AvgIpc) is 2.80. The van der Waals surface area contributed by atoms with Gasteiger partial charge in [0.05, 0.1) is 11.3 Å². The number of rotatable bonds is 2. The van der Waals surface area contributed by atoms with E-state index >= 15 is 0 Å². The fourth-order valence-corrected chi connectivity index (χ4v) is 2.35. The molecule has 0 fully saturated rings. The molecule has 0 saturated carbocycles. The third kappa shape index (κ3) is 2.86. The quantitative estimate of drug-likeness (QED) is 0.740. The van der Waals surface area contributed by atoms with E-state index in [9.17, 15) is 4.79 Å². The zero-order chi connectivity index (χ0) is 15.0. The highest BCUT2D eigenvalue weighted by Crippen LogP contribution is 2.32. The molecule has 4 nitrogen and oxygen atoms in total. The van der Waals surface area contributed by atoms with E-state index in [1.54, 1.807) is 36.4 Å². The maximum Gasteiger partial charge on any atom is 0.229 e. The first-order chi connectivity index (χ1) is 10.0. The van der Waals surface area contributed by atoms with Gasteiger partial charge in [0.25, 0.3) is 0 Å². The van der Waals surface area contributed by atoms with Gasteiger partial charge < -0.3 is 9.73 Å². The van der Waals surface area contributed by atoms with Gasteiger partial charge in [0.1, 0.15) is 5.52 Å². The standard InChI is InChI=1S/C15H10Cl2N2O2/c1-8(20)18-12-6-9(16)2-4-11(12)15-19-13-7-10(17)3-5-14(13)21-15/h2-7H,1H3,(H,18,20). The average molecular weight is 321 g/mol. The zero-order valence-corrected chi connectivity index (χ0v) is 12.5. The van der Waals surface area contributed by atoms with E-state index in [1.807, 2.05) is 0 Å². The van der Waals surface area contributed by atoms with E-state index in [4.69, 9.17) is 27.6 Å². The van der Waals surface area contributed by atoms with E-state index < -0.39 is 0 Å². The molecule has 0 aliphatic heterocycles. The van der Waals surface area contributed by atoms with Gasteiger partial charge in [-0.3, -0.25) is 4.79 Å². The summed E-state index contributed by atoms with van der Waals surface area (Å²) in [6.07, 6.45) is 0. The van der Waals surface area contributed by atoms with Crippen molar-refractivity contribution in [1.29, 1.82) is 0 Å². The van der Waals surface area contributed by atoms with Crippen molar-refractivity contribution in [2.75, 3.05) is 5.32 Å². The number of nitrogens with zero attached hydrogens (tertiary/aromatic N) is 1. The number of benzene rings is 2. The number of carbonyl (C=O) groups is 1. The van der Waals surface area contributed by atoms with Crippen molar-refractivity contribution >= 4 is 45.9 Å². The summed E-state index contributed by atoms with van der Waals surface area (Å²) in [7, 11) is 0. The van der Waals surface area contributed by atoms with Crippen molar-refractivity contribution in [3.05, 3.63) is 46.4 Å². The predicted octanol–water partition coefficient (Wildman–Crippen LogP) is 4.76. The molecule has 0 radical (unpaired) electrons. The maximum absolute atomic E-state index is 11.3. The monoisotopic (exact) mass is 320 g/mol. The molecule has 1 heterocycles. The topological polar surface area (TPSA) is 55.1 Å². The Labute approximate surface area is 130 Å². The number of anilines is 1. The first kappa shape index (κ1) is 13.9. The Bertz CT molecular complexity index is 843. The van der Waals surface area contributed by atoms with E-state index in [0.29, 0.717) is 38.3 Å². The molecule has 106 valence electrons. The van der Waals surface area contributed by atoms with Gasteiger partial charge in [0.15, 0.2) is 5.58 Å². The van der Waals surface area contributed by atoms with Crippen molar-refractivity contribution in [2.24, 2.45) is 0 Å². The number of carbonyl (C=O) groups excluding carboxylic acids is 1. The summed E-state index contributed by atoms with van der Waals surface area (Å²) in [4.78, 5) is 15.7. The van der Waals surface area contributed by atoms with Crippen molar-refractivity contribution in [3.8, 4) is 11.5 Å². The van der Waals surface area contributed by atoms with Gasteiger partial charge in [0, 0.05) is 17.0 Å². The van der Waals surface area contributed by atoms with E-state index in [-0.39, 0.29) is 5.91 Å². The van der Waals surface area contributed by atoms with Crippen LogP contribution in [0, 0.1) is 0 Å². The van der Waals surface area contributed by atoms with Crippen LogP contribution >= 0.6 is 23.2 Å². The highest BCUT2D eigenvalue weighted by atomic mass is 35.5. The third-order valence-electron chi connectivity index (χ3n) is 2.87. The molecule has 21 heavy (non-hydrogen) atoms. The molecule has 0 bridgehead atoms. The Morgan fingerprint density at radius 1 is 1.14 bits per heavy atom. The van der Waals surface area contributed by atoms with Crippen molar-refractivity contribution in [2.45, 2.75) is 6.92 Å². The molecule has 3 rings (SSSR count). The van der Waals surface area contributed by atoms with Gasteiger partial charge in [-0.2, -0.15) is 0 Å². The maximum atomic E-state index is 11.3. The summed E-state index contributed by atoms with van der Waals surface area (Å²) in [5, 5.41) is 3.82. The van der Waals surface area contributed by atoms with Crippen LogP contribution in [0.25, 0.3) is 22.6 Å². The Balaban J connectivity index is 2.15. The number of amides is 1. The Hall–Kier alpha value is -2.04. The summed E-state index contributed by atoms with van der Waals surface area (Å²) in [6, 6.07) is 10.3. The van der Waals surface area contributed by atoms with Crippen LogP contribution < -0.4 is 5.32 Å². The van der Waals surface area contributed by atoms with Crippen LogP contribution in [0.5, 0.6) is 0 Å². The molecule has 6 heteroatoms. The van der Waals surface area contributed by atoms with Crippen LogP contribution in [-0.2, 0) is 4.79 Å². The highest BCUT2D eigenvalue weighted by molar-refractivity contribution is 6.31. The van der Waals surface area contributed by atoms with Crippen molar-refractivity contribution in [3.63, 3.8) is 0 Å². The number of hydrogen-bond donors (Lipinski definition) is 1. The van der Waals surface area contributed by atoms with Crippen LogP contribution in [-0.4, -0.2) is 10.9 Å². The Morgan fingerprint density at radius 2 is 1.86 bits per heavy atom. The molecular formula is C15H10Cl2N2O2. The van der Waals surface area contributed by atoms with Crippen LogP contribution in [0.3, 0.4) is 0 Å². The summed E-state index contributed by atoms with van der Waals surface area (Å²) in [5.74, 6) is 0.199. The van der Waals surface area contributed by atoms with Crippen molar-refractivity contribution in [1.82, 2.24) is 4.98 Å². The van der Waals surface area contributed by atoms with Gasteiger partial charge in [-0.25, -0.2) is 4.98 Å². The fourth-order valence-electron chi connectivity index (χ4n) is 2.01. The molecule has 3 aromatic rings. The molecule has 0 aliphatic rings. The Morgan fingerprint density at radius 3 is 2.62 bits per heavy atom. The van der Waals surface area contributed by atoms with Crippen LogP contribution in [0.4, 0.5) is 5.69 Å². The summed E-state index contributed by atoms with van der Waals surface area (Å²) in [5.41, 5.74) is 2.48. The fraction of sp³-hybridized carbons (Fsp3) is 0.0667. The Kier molecular flexibility index (Phi) is 3.57. The SMILES string of the molecule is CC(=O)Nc1cc(Cl)ccc1-c1nc2cc(Cl)ccc2o1. The largest absolute Gasteiger partial charge is 0.436 e. The summed E-state index contributed by atoms with van der Waals surface area (Å²) in [6.45, 7) is 1.43. The number of nitrogens with one attached hydrogen (secondary N) is 1. The number of aromatic nitrogens is 1. The number of halogens is 2. The summed E-state index contributed by atoms with van der Waals surface area (Å²) < 4.78 is 5.71. The molecule has 0 atom stereocenters. The molecule has 0 spiro atoms. The second kappa shape index (κ2) is 5.39. The van der Waals surface area contributed by atoms with Gasteiger partial charge >= 0.3 is 0 Å². The number of hydrogen-bond acceptors (Lipinski definition) is 3. The predicted molar refractivity (Wildman–Crippen MR) is 83.8 cm³/mol. The molecule has 2 aromatic carbocycles. The molecule has 0 aliphatic carbocycles. The van der Waals surface area contributed by atoms with Gasteiger partial charge in [-0.1, -0.05) is 23.2 Å². The van der Waals surface area contributed by atoms with Crippen LogP contribution in [0.1, 0.15) is 6.92 Å². The highest BCUT2D eigenvalue weighted by Gasteiger charge is 2.14. The molecule has 1 amide bonds. The molecule has 0 unspecified atom stereocenters. The number of oxazole rings is 1. The molecule has 1 N–H and O–H groups in total. The summed E-state index contributed by atoms with van der Waals surface area (Å²) >= 11 is 11.9. The lowest BCUT2D eigenvalue weighted by molar-refractivity contribution is -0.114. The lowest BCUT2D eigenvalue weighted by Gasteiger charge is -2.07. The van der Waals surface area contributed by atoms with Gasteiger partial charge in [0.2, 0.25) is 11.8 Å². The normalized spacial score (nSPS) is 10.8. The number of fused-ring (bicyclic) bond motifs is 1. The molecular weight excluding hydrogens is 311 g/mol. The minimum atomic E-state index is -0.197. The third-order valence-corrected chi connectivity index (χ3v) is 3.34. The first-order valence-electron chi connectivity index (χ1n) is 6.16.